The summed E-state index contributed by atoms with van der Waals surface area (Å²) in [6.45, 7) is 7.33. The van der Waals surface area contributed by atoms with Gasteiger partial charge < -0.3 is 5.32 Å². The molecular formula is C21H26ClN5O3S. The van der Waals surface area contributed by atoms with Gasteiger partial charge in [0.2, 0.25) is 17.0 Å². The number of carbonyl (C=O) groups excluding carboxylic acids is 2. The first kappa shape index (κ1) is 23.1. The second-order valence-electron chi connectivity index (χ2n) is 8.52. The van der Waals surface area contributed by atoms with Crippen molar-refractivity contribution in [2.45, 2.75) is 52.2 Å². The molecule has 1 atom stereocenters. The van der Waals surface area contributed by atoms with Crippen molar-refractivity contribution in [1.29, 1.82) is 4.78 Å². The van der Waals surface area contributed by atoms with Crippen LogP contribution in [0.5, 0.6) is 0 Å². The van der Waals surface area contributed by atoms with Gasteiger partial charge in [0.25, 0.3) is 0 Å². The van der Waals surface area contributed by atoms with E-state index in [1.165, 1.54) is 4.90 Å². The molecular weight excluding hydrogens is 438 g/mol. The van der Waals surface area contributed by atoms with Gasteiger partial charge in [-0.25, -0.2) is 19.0 Å². The maximum absolute atomic E-state index is 12.9. The van der Waals surface area contributed by atoms with Crippen LogP contribution >= 0.6 is 11.6 Å². The maximum atomic E-state index is 12.9. The summed E-state index contributed by atoms with van der Waals surface area (Å²) in [6.07, 6.45) is 0.524. The van der Waals surface area contributed by atoms with E-state index >= 15 is 0 Å². The largest absolute Gasteiger partial charge is 0.310 e. The first-order valence-corrected chi connectivity index (χ1v) is 12.1. The molecule has 2 aromatic rings. The van der Waals surface area contributed by atoms with E-state index in [0.717, 1.165) is 5.56 Å². The number of amides is 2. The van der Waals surface area contributed by atoms with E-state index in [4.69, 9.17) is 16.4 Å². The average Bonchev–Trinajstić information content (AvgIpc) is 2.98. The Labute approximate surface area is 187 Å². The monoisotopic (exact) mass is 463 g/mol. The number of halogens is 1. The highest BCUT2D eigenvalue weighted by atomic mass is 35.5. The Balaban J connectivity index is 2.09. The number of benzene rings is 1. The highest BCUT2D eigenvalue weighted by Crippen LogP contribution is 2.35. The Hall–Kier alpha value is -2.52. The molecule has 0 aliphatic carbocycles. The van der Waals surface area contributed by atoms with Crippen molar-refractivity contribution in [2.24, 2.45) is 5.41 Å². The normalized spacial score (nSPS) is 15.5. The Kier molecular flexibility index (Phi) is 6.38. The van der Waals surface area contributed by atoms with Gasteiger partial charge >= 0.3 is 0 Å². The molecule has 8 nitrogen and oxygen atoms in total. The van der Waals surface area contributed by atoms with Gasteiger partial charge in [-0.05, 0) is 24.1 Å². The van der Waals surface area contributed by atoms with E-state index in [9.17, 15) is 13.8 Å². The molecule has 2 N–H and O–H groups in total. The lowest BCUT2D eigenvalue weighted by Crippen LogP contribution is -2.29. The third-order valence-corrected chi connectivity index (χ3v) is 6.81. The van der Waals surface area contributed by atoms with E-state index in [0.29, 0.717) is 17.0 Å². The lowest BCUT2D eigenvalue weighted by Gasteiger charge is -2.20. The topological polar surface area (TPSA) is 116 Å². The van der Waals surface area contributed by atoms with Crippen LogP contribution in [0, 0.1) is 10.2 Å². The highest BCUT2D eigenvalue weighted by molar-refractivity contribution is 7.92. The summed E-state index contributed by atoms with van der Waals surface area (Å²) in [5.41, 5.74) is 0.605. The predicted octanol–water partition coefficient (Wildman–Crippen LogP) is 4.02. The summed E-state index contributed by atoms with van der Waals surface area (Å²) < 4.78 is 21.2. The van der Waals surface area contributed by atoms with Crippen molar-refractivity contribution in [2.75, 3.05) is 16.0 Å². The molecule has 1 aromatic carbocycles. The summed E-state index contributed by atoms with van der Waals surface area (Å²) in [7, 11) is -3.27. The number of carbonyl (C=O) groups is 2. The first-order valence-electron chi connectivity index (χ1n) is 9.96. The van der Waals surface area contributed by atoms with Gasteiger partial charge in [-0.1, -0.05) is 51.4 Å². The fourth-order valence-electron chi connectivity index (χ4n) is 3.06. The third-order valence-electron chi connectivity index (χ3n) is 4.80. The second-order valence-corrected chi connectivity index (χ2v) is 11.1. The Morgan fingerprint density at radius 1 is 1.26 bits per heavy atom. The standard InChI is InChI=1S/C21H26ClN5O3S/c1-5-10-31(23,30)20-25-17(24-19(29)21(2,3)4)15-11-16(28)27(18(15)26-20)12-13-6-8-14(22)9-7-13/h6-9,23H,5,10-12H2,1-4H3,(H,24,25,26,29). The molecule has 2 amide bonds. The molecule has 0 saturated carbocycles. The van der Waals surface area contributed by atoms with Crippen LogP contribution < -0.4 is 10.2 Å². The van der Waals surface area contributed by atoms with E-state index in [2.05, 4.69) is 15.3 Å². The Bertz CT molecular complexity index is 1120. The van der Waals surface area contributed by atoms with Crippen LogP contribution in [0.3, 0.4) is 0 Å². The molecule has 1 aromatic heterocycles. The summed E-state index contributed by atoms with van der Waals surface area (Å²) >= 11 is 5.95. The van der Waals surface area contributed by atoms with Gasteiger partial charge in [0.1, 0.15) is 21.4 Å². The Morgan fingerprint density at radius 3 is 2.48 bits per heavy atom. The zero-order valence-corrected chi connectivity index (χ0v) is 19.6. The molecule has 0 radical (unpaired) electrons. The molecule has 2 heterocycles. The van der Waals surface area contributed by atoms with E-state index in [-0.39, 0.29) is 47.3 Å². The van der Waals surface area contributed by atoms with Crippen LogP contribution in [0.4, 0.5) is 11.6 Å². The van der Waals surface area contributed by atoms with Crippen LogP contribution in [-0.4, -0.2) is 31.7 Å². The van der Waals surface area contributed by atoms with Crippen molar-refractivity contribution in [1.82, 2.24) is 9.97 Å². The van der Waals surface area contributed by atoms with Gasteiger partial charge in [-0.2, -0.15) is 0 Å². The minimum absolute atomic E-state index is 0.00985. The molecule has 1 aliphatic rings. The van der Waals surface area contributed by atoms with Gasteiger partial charge in [0.15, 0.2) is 0 Å². The molecule has 166 valence electrons. The molecule has 3 rings (SSSR count). The van der Waals surface area contributed by atoms with Crippen molar-refractivity contribution < 1.29 is 13.8 Å². The summed E-state index contributed by atoms with van der Waals surface area (Å²) in [6, 6.07) is 7.08. The van der Waals surface area contributed by atoms with Crippen molar-refractivity contribution >= 4 is 44.8 Å². The quantitative estimate of drug-likeness (QED) is 0.627. The molecule has 0 saturated heterocycles. The number of anilines is 2. The minimum Gasteiger partial charge on any atom is -0.310 e. The van der Waals surface area contributed by atoms with Crippen LogP contribution in [0.1, 0.15) is 45.2 Å². The van der Waals surface area contributed by atoms with E-state index in [1.807, 2.05) is 19.1 Å². The summed E-state index contributed by atoms with van der Waals surface area (Å²) in [5.74, 6) is 0.00146. The van der Waals surface area contributed by atoms with Crippen LogP contribution in [-0.2, 0) is 32.3 Å². The molecule has 1 unspecified atom stereocenters. The molecule has 1 aliphatic heterocycles. The van der Waals surface area contributed by atoms with Gasteiger partial charge in [0.05, 0.1) is 13.0 Å². The number of rotatable bonds is 6. The first-order chi connectivity index (χ1) is 14.4. The van der Waals surface area contributed by atoms with Crippen molar-refractivity contribution in [3.63, 3.8) is 0 Å². The third kappa shape index (κ3) is 5.04. The lowest BCUT2D eigenvalue weighted by molar-refractivity contribution is -0.123. The van der Waals surface area contributed by atoms with E-state index < -0.39 is 15.1 Å². The molecule has 0 bridgehead atoms. The van der Waals surface area contributed by atoms with Crippen molar-refractivity contribution in [3.05, 3.63) is 40.4 Å². The minimum atomic E-state index is -3.27. The zero-order chi connectivity index (χ0) is 23.0. The van der Waals surface area contributed by atoms with Crippen LogP contribution in [0.2, 0.25) is 5.02 Å². The maximum Gasteiger partial charge on any atom is 0.233 e. The van der Waals surface area contributed by atoms with Crippen molar-refractivity contribution in [3.8, 4) is 0 Å². The summed E-state index contributed by atoms with van der Waals surface area (Å²) in [4.78, 5) is 35.5. The second kappa shape index (κ2) is 8.55. The van der Waals surface area contributed by atoms with Gasteiger partial charge in [0, 0.05) is 21.8 Å². The fourth-order valence-corrected chi connectivity index (χ4v) is 4.42. The molecule has 0 fully saturated rings. The molecule has 0 spiro atoms. The number of nitrogens with zero attached hydrogens (tertiary/aromatic N) is 3. The Morgan fingerprint density at radius 2 is 1.90 bits per heavy atom. The number of aromatic nitrogens is 2. The predicted molar refractivity (Wildman–Crippen MR) is 121 cm³/mol. The number of hydrogen-bond donors (Lipinski definition) is 2. The van der Waals surface area contributed by atoms with Crippen LogP contribution in [0.15, 0.2) is 29.4 Å². The smallest absolute Gasteiger partial charge is 0.233 e. The van der Waals surface area contributed by atoms with E-state index in [1.54, 1.807) is 32.9 Å². The summed E-state index contributed by atoms with van der Waals surface area (Å²) in [5, 5.41) is 3.17. The molecule has 31 heavy (non-hydrogen) atoms. The van der Waals surface area contributed by atoms with Crippen LogP contribution in [0.25, 0.3) is 0 Å². The SMILES string of the molecule is CCCS(=N)(=O)c1nc(NC(=O)C(C)(C)C)c2c(n1)N(Cc1ccc(Cl)cc1)C(=O)C2. The number of fused-ring (bicyclic) bond motifs is 1. The van der Waals surface area contributed by atoms with Gasteiger partial charge in [-0.15, -0.1) is 0 Å². The average molecular weight is 464 g/mol. The molecule has 10 heteroatoms. The van der Waals surface area contributed by atoms with Gasteiger partial charge in [-0.3, -0.25) is 14.5 Å². The fraction of sp³-hybridized carbons (Fsp3) is 0.429. The zero-order valence-electron chi connectivity index (χ0n) is 18.0. The highest BCUT2D eigenvalue weighted by Gasteiger charge is 2.35. The lowest BCUT2D eigenvalue weighted by atomic mass is 9.95. The number of hydrogen-bond acceptors (Lipinski definition) is 6. The number of nitrogens with one attached hydrogen (secondary N) is 2.